The van der Waals surface area contributed by atoms with Gasteiger partial charge in [0.1, 0.15) is 11.1 Å². The molecule has 0 bridgehead atoms. The fourth-order valence-corrected chi connectivity index (χ4v) is 5.97. The normalized spacial score (nSPS) is 13.1. The van der Waals surface area contributed by atoms with Crippen LogP contribution in [0.5, 0.6) is 0 Å². The van der Waals surface area contributed by atoms with E-state index in [1.807, 2.05) is 0 Å². The van der Waals surface area contributed by atoms with E-state index in [1.165, 1.54) is 18.5 Å². The number of rotatable bonds is 8. The van der Waals surface area contributed by atoms with E-state index in [9.17, 15) is 21.2 Å². The van der Waals surface area contributed by atoms with Crippen LogP contribution >= 0.6 is 11.6 Å². The van der Waals surface area contributed by atoms with E-state index in [1.54, 1.807) is 30.3 Å². The predicted molar refractivity (Wildman–Crippen MR) is 113 cm³/mol. The van der Waals surface area contributed by atoms with E-state index in [0.717, 1.165) is 24.3 Å². The fraction of sp³-hybridized carbons (Fsp3) is 0.150. The zero-order chi connectivity index (χ0) is 21.8. The minimum absolute atomic E-state index is 0.119. The second-order valence-electron chi connectivity index (χ2n) is 6.51. The van der Waals surface area contributed by atoms with Crippen molar-refractivity contribution < 1.29 is 21.2 Å². The molecule has 0 fully saturated rings. The molecule has 1 N–H and O–H groups in total. The average Bonchev–Trinajstić information content (AvgIpc) is 2.68. The number of hydrogen-bond acceptors (Lipinski definition) is 5. The molecule has 1 heterocycles. The number of halogens is 2. The smallest absolute Gasteiger partial charge is 0.215 e. The van der Waals surface area contributed by atoms with Crippen molar-refractivity contribution in [2.75, 3.05) is 6.54 Å². The van der Waals surface area contributed by atoms with Crippen molar-refractivity contribution in [1.82, 2.24) is 9.71 Å². The molecule has 0 aliphatic carbocycles. The summed E-state index contributed by atoms with van der Waals surface area (Å²) in [5.74, 6) is -0.932. The van der Waals surface area contributed by atoms with Crippen LogP contribution in [0.1, 0.15) is 16.4 Å². The molecular weight excluding hydrogens is 451 g/mol. The molecule has 30 heavy (non-hydrogen) atoms. The van der Waals surface area contributed by atoms with Crippen LogP contribution in [0.15, 0.2) is 78.0 Å². The first-order valence-electron chi connectivity index (χ1n) is 8.78. The standard InChI is InChI=1S/C20H18ClFN2O4S2/c21-17-5-1-3-15(11-17)14-29(25,26)24-13-20(16-4-2-10-23-12-16)30(27,28)19-8-6-18(22)7-9-19/h1-12,20,24H,13-14H2. The Labute approximate surface area is 179 Å². The maximum atomic E-state index is 13.2. The van der Waals surface area contributed by atoms with Gasteiger partial charge in [-0.05, 0) is 53.6 Å². The van der Waals surface area contributed by atoms with Crippen LogP contribution < -0.4 is 4.72 Å². The first-order chi connectivity index (χ1) is 14.2. The second-order valence-corrected chi connectivity index (χ2v) is 10.9. The van der Waals surface area contributed by atoms with Crippen molar-refractivity contribution >= 4 is 31.5 Å². The van der Waals surface area contributed by atoms with Gasteiger partial charge in [-0.3, -0.25) is 4.98 Å². The molecule has 3 aromatic rings. The number of hydrogen-bond donors (Lipinski definition) is 1. The molecule has 6 nitrogen and oxygen atoms in total. The summed E-state index contributed by atoms with van der Waals surface area (Å²) >= 11 is 5.89. The van der Waals surface area contributed by atoms with Crippen molar-refractivity contribution in [3.8, 4) is 0 Å². The minimum Gasteiger partial charge on any atom is -0.264 e. The highest BCUT2D eigenvalue weighted by atomic mass is 35.5. The monoisotopic (exact) mass is 468 g/mol. The molecule has 1 unspecified atom stereocenters. The van der Waals surface area contributed by atoms with Gasteiger partial charge in [-0.15, -0.1) is 0 Å². The molecule has 0 spiro atoms. The third-order valence-electron chi connectivity index (χ3n) is 4.31. The Morgan fingerprint density at radius 2 is 1.73 bits per heavy atom. The van der Waals surface area contributed by atoms with Gasteiger partial charge in [-0.25, -0.2) is 25.9 Å². The highest BCUT2D eigenvalue weighted by molar-refractivity contribution is 7.92. The second kappa shape index (κ2) is 9.22. The lowest BCUT2D eigenvalue weighted by atomic mass is 10.2. The molecule has 0 saturated carbocycles. The van der Waals surface area contributed by atoms with Crippen LogP contribution in [0.3, 0.4) is 0 Å². The maximum Gasteiger partial charge on any atom is 0.215 e. The number of aromatic nitrogens is 1. The Kier molecular flexibility index (Phi) is 6.87. The Morgan fingerprint density at radius 3 is 2.37 bits per heavy atom. The Bertz CT molecular complexity index is 1220. The van der Waals surface area contributed by atoms with Crippen LogP contribution in [-0.4, -0.2) is 28.4 Å². The van der Waals surface area contributed by atoms with Crippen LogP contribution in [0.25, 0.3) is 0 Å². The summed E-state index contributed by atoms with van der Waals surface area (Å²) in [5.41, 5.74) is 0.779. The zero-order valence-corrected chi connectivity index (χ0v) is 18.0. The zero-order valence-electron chi connectivity index (χ0n) is 15.6. The van der Waals surface area contributed by atoms with Crippen LogP contribution in [0.2, 0.25) is 5.02 Å². The quantitative estimate of drug-likeness (QED) is 0.510. The number of pyridine rings is 1. The number of nitrogens with zero attached hydrogens (tertiary/aromatic N) is 1. The molecule has 0 radical (unpaired) electrons. The predicted octanol–water partition coefficient (Wildman–Crippen LogP) is 3.51. The van der Waals surface area contributed by atoms with E-state index in [0.29, 0.717) is 16.1 Å². The third-order valence-corrected chi connectivity index (χ3v) is 7.98. The topological polar surface area (TPSA) is 93.2 Å². The molecule has 158 valence electrons. The SMILES string of the molecule is O=S(=O)(Cc1cccc(Cl)c1)NCC(c1cccnc1)S(=O)(=O)c1ccc(F)cc1. The minimum atomic E-state index is -4.03. The summed E-state index contributed by atoms with van der Waals surface area (Å²) in [6.07, 6.45) is 2.84. The van der Waals surface area contributed by atoms with Crippen molar-refractivity contribution in [1.29, 1.82) is 0 Å². The lowest BCUT2D eigenvalue weighted by Gasteiger charge is -2.19. The van der Waals surface area contributed by atoms with Crippen molar-refractivity contribution in [2.45, 2.75) is 15.9 Å². The highest BCUT2D eigenvalue weighted by Gasteiger charge is 2.30. The van der Waals surface area contributed by atoms with Gasteiger partial charge in [-0.1, -0.05) is 29.8 Å². The Hall–Kier alpha value is -2.33. The van der Waals surface area contributed by atoms with Gasteiger partial charge in [-0.2, -0.15) is 0 Å². The van der Waals surface area contributed by atoms with Crippen LogP contribution in [0.4, 0.5) is 4.39 Å². The van der Waals surface area contributed by atoms with Gasteiger partial charge in [0.05, 0.1) is 10.6 Å². The lowest BCUT2D eigenvalue weighted by molar-refractivity contribution is 0.567. The average molecular weight is 469 g/mol. The van der Waals surface area contributed by atoms with Crippen molar-refractivity contribution in [3.05, 3.63) is 95.0 Å². The maximum absolute atomic E-state index is 13.2. The van der Waals surface area contributed by atoms with Gasteiger partial charge in [0.15, 0.2) is 9.84 Å². The summed E-state index contributed by atoms with van der Waals surface area (Å²) in [6, 6.07) is 13.9. The molecular formula is C20H18ClFN2O4S2. The molecule has 3 rings (SSSR count). The summed E-state index contributed by atoms with van der Waals surface area (Å²) < 4.78 is 67.0. The lowest BCUT2D eigenvalue weighted by Crippen LogP contribution is -2.32. The van der Waals surface area contributed by atoms with Gasteiger partial charge >= 0.3 is 0 Å². The van der Waals surface area contributed by atoms with Gasteiger partial charge in [0.2, 0.25) is 10.0 Å². The largest absolute Gasteiger partial charge is 0.264 e. The molecule has 0 saturated heterocycles. The Morgan fingerprint density at radius 1 is 1.00 bits per heavy atom. The molecule has 0 aliphatic rings. The molecule has 0 aliphatic heterocycles. The van der Waals surface area contributed by atoms with E-state index in [-0.39, 0.29) is 10.6 Å². The molecule has 10 heteroatoms. The fourth-order valence-electron chi connectivity index (χ4n) is 2.86. The third kappa shape index (κ3) is 5.63. The van der Waals surface area contributed by atoms with E-state index >= 15 is 0 Å². The highest BCUT2D eigenvalue weighted by Crippen LogP contribution is 2.28. The van der Waals surface area contributed by atoms with E-state index in [4.69, 9.17) is 11.6 Å². The van der Waals surface area contributed by atoms with Crippen molar-refractivity contribution in [3.63, 3.8) is 0 Å². The Balaban J connectivity index is 1.87. The number of sulfone groups is 1. The summed E-state index contributed by atoms with van der Waals surface area (Å²) in [6.45, 7) is -0.408. The number of sulfonamides is 1. The van der Waals surface area contributed by atoms with Gasteiger partial charge in [0, 0.05) is 24.0 Å². The van der Waals surface area contributed by atoms with Crippen LogP contribution in [0, 0.1) is 5.82 Å². The van der Waals surface area contributed by atoms with Gasteiger partial charge in [0.25, 0.3) is 0 Å². The summed E-state index contributed by atoms with van der Waals surface area (Å²) in [4.78, 5) is 3.81. The summed E-state index contributed by atoms with van der Waals surface area (Å²) in [5, 5.41) is -0.847. The number of nitrogens with one attached hydrogen (secondary N) is 1. The molecule has 2 aromatic carbocycles. The summed E-state index contributed by atoms with van der Waals surface area (Å²) in [7, 11) is -7.88. The molecule has 0 amide bonds. The van der Waals surface area contributed by atoms with Crippen molar-refractivity contribution in [2.24, 2.45) is 0 Å². The van der Waals surface area contributed by atoms with E-state index in [2.05, 4.69) is 9.71 Å². The van der Waals surface area contributed by atoms with Gasteiger partial charge < -0.3 is 0 Å². The first-order valence-corrected chi connectivity index (χ1v) is 12.4. The first kappa shape index (κ1) is 22.4. The van der Waals surface area contributed by atoms with Crippen LogP contribution in [-0.2, 0) is 25.6 Å². The molecule has 1 atom stereocenters. The number of benzene rings is 2. The van der Waals surface area contributed by atoms with E-state index < -0.39 is 37.5 Å². The molecule has 1 aromatic heterocycles.